The molecule has 6 nitrogen and oxygen atoms in total. The van der Waals surface area contributed by atoms with Crippen molar-refractivity contribution in [2.75, 3.05) is 5.75 Å². The van der Waals surface area contributed by atoms with Crippen molar-refractivity contribution in [1.82, 2.24) is 20.2 Å². The van der Waals surface area contributed by atoms with Gasteiger partial charge < -0.3 is 4.57 Å². The number of amides is 1. The van der Waals surface area contributed by atoms with E-state index >= 15 is 0 Å². The third-order valence-electron chi connectivity index (χ3n) is 3.75. The van der Waals surface area contributed by atoms with E-state index in [9.17, 15) is 4.79 Å². The molecule has 3 aromatic rings. The van der Waals surface area contributed by atoms with Crippen LogP contribution < -0.4 is 5.43 Å². The number of carbonyl (C=O) groups is 1. The molecule has 0 aliphatic rings. The average molecular weight is 434 g/mol. The van der Waals surface area contributed by atoms with Gasteiger partial charge in [0.05, 0.1) is 17.0 Å². The molecule has 3 rings (SSSR count). The van der Waals surface area contributed by atoms with Crippen LogP contribution in [0.5, 0.6) is 0 Å². The van der Waals surface area contributed by atoms with Crippen molar-refractivity contribution in [2.45, 2.75) is 18.6 Å². The highest BCUT2D eigenvalue weighted by molar-refractivity contribution is 7.99. The molecule has 28 heavy (non-hydrogen) atoms. The van der Waals surface area contributed by atoms with E-state index in [0.29, 0.717) is 27.3 Å². The lowest BCUT2D eigenvalue weighted by molar-refractivity contribution is -0.118. The van der Waals surface area contributed by atoms with Gasteiger partial charge in [0.15, 0.2) is 11.0 Å². The summed E-state index contributed by atoms with van der Waals surface area (Å²) in [5, 5.41) is 14.1. The molecule has 0 spiro atoms. The Morgan fingerprint density at radius 3 is 2.71 bits per heavy atom. The Kier molecular flexibility index (Phi) is 7.08. The van der Waals surface area contributed by atoms with Crippen LogP contribution in [0.4, 0.5) is 0 Å². The van der Waals surface area contributed by atoms with Gasteiger partial charge in [-0.1, -0.05) is 71.4 Å². The smallest absolute Gasteiger partial charge is 0.250 e. The van der Waals surface area contributed by atoms with Crippen LogP contribution in [-0.4, -0.2) is 32.6 Å². The van der Waals surface area contributed by atoms with Gasteiger partial charge in [-0.25, -0.2) is 5.43 Å². The van der Waals surface area contributed by atoms with Gasteiger partial charge in [-0.2, -0.15) is 5.10 Å². The summed E-state index contributed by atoms with van der Waals surface area (Å²) >= 11 is 13.2. The van der Waals surface area contributed by atoms with E-state index in [-0.39, 0.29) is 11.7 Å². The Balaban J connectivity index is 1.59. The molecule has 0 saturated carbocycles. The molecule has 0 radical (unpaired) electrons. The molecule has 0 bridgehead atoms. The third-order valence-corrected chi connectivity index (χ3v) is 5.28. The van der Waals surface area contributed by atoms with Crippen molar-refractivity contribution < 1.29 is 4.79 Å². The van der Waals surface area contributed by atoms with Gasteiger partial charge in [-0.3, -0.25) is 4.79 Å². The van der Waals surface area contributed by atoms with E-state index in [1.54, 1.807) is 18.2 Å². The first-order valence-corrected chi connectivity index (χ1v) is 10.2. The fourth-order valence-electron chi connectivity index (χ4n) is 2.42. The monoisotopic (exact) mass is 433 g/mol. The van der Waals surface area contributed by atoms with Crippen LogP contribution in [0.3, 0.4) is 0 Å². The Bertz CT molecular complexity index is 991. The number of hydrazone groups is 1. The molecular formula is C19H17Cl2N5OS. The molecule has 1 aromatic heterocycles. The molecule has 2 aromatic carbocycles. The highest BCUT2D eigenvalue weighted by atomic mass is 35.5. The summed E-state index contributed by atoms with van der Waals surface area (Å²) in [5.41, 5.74) is 4.13. The second-order valence-electron chi connectivity index (χ2n) is 5.66. The van der Waals surface area contributed by atoms with Crippen LogP contribution >= 0.6 is 35.0 Å². The number of thioether (sulfide) groups is 1. The highest BCUT2D eigenvalue weighted by Gasteiger charge is 2.14. The number of halogens is 2. The van der Waals surface area contributed by atoms with Crippen LogP contribution in [0.25, 0.3) is 11.4 Å². The first kappa shape index (κ1) is 20.4. The Morgan fingerprint density at radius 2 is 2.00 bits per heavy atom. The molecular weight excluding hydrogens is 417 g/mol. The normalized spacial score (nSPS) is 11.1. The van der Waals surface area contributed by atoms with Crippen molar-refractivity contribution in [2.24, 2.45) is 5.10 Å². The van der Waals surface area contributed by atoms with Gasteiger partial charge in [0.2, 0.25) is 0 Å². The molecule has 0 aliphatic carbocycles. The molecule has 0 unspecified atom stereocenters. The zero-order valence-corrected chi connectivity index (χ0v) is 17.3. The van der Waals surface area contributed by atoms with Crippen molar-refractivity contribution in [3.05, 3.63) is 64.1 Å². The lowest BCUT2D eigenvalue weighted by Gasteiger charge is -2.06. The molecule has 0 atom stereocenters. The van der Waals surface area contributed by atoms with Crippen LogP contribution in [0.1, 0.15) is 12.5 Å². The summed E-state index contributed by atoms with van der Waals surface area (Å²) in [6.07, 6.45) is 1.48. The summed E-state index contributed by atoms with van der Waals surface area (Å²) < 4.78 is 1.98. The zero-order valence-electron chi connectivity index (χ0n) is 15.0. The first-order valence-electron chi connectivity index (χ1n) is 8.47. The maximum atomic E-state index is 12.1. The van der Waals surface area contributed by atoms with E-state index in [1.165, 1.54) is 18.0 Å². The van der Waals surface area contributed by atoms with Gasteiger partial charge in [0, 0.05) is 22.7 Å². The molecule has 9 heteroatoms. The second kappa shape index (κ2) is 9.73. The number of hydrogen-bond acceptors (Lipinski definition) is 5. The standard InChI is InChI=1S/C19H17Cl2N5OS/c1-2-26-18(13-6-4-3-5-7-13)24-25-19(26)28-12-17(27)23-22-11-14-8-9-15(20)10-16(14)21/h3-11H,2,12H2,1H3,(H,23,27)/b22-11-. The molecule has 0 aliphatic heterocycles. The third kappa shape index (κ3) is 5.13. The molecule has 0 saturated heterocycles. The predicted molar refractivity (Wildman–Crippen MR) is 114 cm³/mol. The number of nitrogens with one attached hydrogen (secondary N) is 1. The Labute approximate surface area is 177 Å². The van der Waals surface area contributed by atoms with Gasteiger partial charge in [-0.15, -0.1) is 10.2 Å². The number of carbonyl (C=O) groups excluding carboxylic acids is 1. The van der Waals surface area contributed by atoms with E-state index in [2.05, 4.69) is 20.7 Å². The lowest BCUT2D eigenvalue weighted by Crippen LogP contribution is -2.20. The summed E-state index contributed by atoms with van der Waals surface area (Å²) in [5.74, 6) is 0.693. The Hall–Kier alpha value is -2.35. The van der Waals surface area contributed by atoms with Crippen molar-refractivity contribution >= 4 is 47.1 Å². The van der Waals surface area contributed by atoms with Crippen molar-refractivity contribution in [3.63, 3.8) is 0 Å². The fourth-order valence-corrected chi connectivity index (χ4v) is 3.68. The summed E-state index contributed by atoms with van der Waals surface area (Å²) in [6.45, 7) is 2.72. The molecule has 1 heterocycles. The first-order chi connectivity index (χ1) is 13.6. The predicted octanol–water partition coefficient (Wildman–Crippen LogP) is 4.51. The van der Waals surface area contributed by atoms with Gasteiger partial charge in [0.1, 0.15) is 0 Å². The topological polar surface area (TPSA) is 72.2 Å². The van der Waals surface area contributed by atoms with E-state index in [4.69, 9.17) is 23.2 Å². The number of rotatable bonds is 7. The number of nitrogens with zero attached hydrogens (tertiary/aromatic N) is 4. The van der Waals surface area contributed by atoms with E-state index in [1.807, 2.05) is 41.8 Å². The minimum Gasteiger partial charge on any atom is -0.302 e. The molecule has 0 fully saturated rings. The van der Waals surface area contributed by atoms with Gasteiger partial charge >= 0.3 is 0 Å². The summed E-state index contributed by atoms with van der Waals surface area (Å²) in [4.78, 5) is 12.1. The van der Waals surface area contributed by atoms with E-state index < -0.39 is 0 Å². The van der Waals surface area contributed by atoms with Crippen LogP contribution in [0.15, 0.2) is 58.8 Å². The minimum atomic E-state index is -0.252. The number of benzene rings is 2. The molecule has 1 amide bonds. The Morgan fingerprint density at radius 1 is 1.21 bits per heavy atom. The van der Waals surface area contributed by atoms with Crippen LogP contribution in [0, 0.1) is 0 Å². The summed E-state index contributed by atoms with van der Waals surface area (Å²) in [7, 11) is 0. The second-order valence-corrected chi connectivity index (χ2v) is 7.45. The quantitative estimate of drug-likeness (QED) is 0.337. The van der Waals surface area contributed by atoms with E-state index in [0.717, 1.165) is 11.4 Å². The molecule has 1 N–H and O–H groups in total. The number of aromatic nitrogens is 3. The SMILES string of the molecule is CCn1c(SCC(=O)N/N=C\c2ccc(Cl)cc2Cl)nnc1-c1ccccc1. The largest absolute Gasteiger partial charge is 0.302 e. The molecule has 144 valence electrons. The van der Waals surface area contributed by atoms with Gasteiger partial charge in [0.25, 0.3) is 5.91 Å². The zero-order chi connectivity index (χ0) is 19.9. The minimum absolute atomic E-state index is 0.165. The number of hydrogen-bond donors (Lipinski definition) is 1. The van der Waals surface area contributed by atoms with Crippen molar-refractivity contribution in [3.8, 4) is 11.4 Å². The average Bonchev–Trinajstić information content (AvgIpc) is 3.11. The fraction of sp³-hybridized carbons (Fsp3) is 0.158. The van der Waals surface area contributed by atoms with Crippen molar-refractivity contribution in [1.29, 1.82) is 0 Å². The van der Waals surface area contributed by atoms with Gasteiger partial charge in [-0.05, 0) is 19.1 Å². The maximum Gasteiger partial charge on any atom is 0.250 e. The summed E-state index contributed by atoms with van der Waals surface area (Å²) in [6, 6.07) is 14.9. The van der Waals surface area contributed by atoms with Crippen LogP contribution in [0.2, 0.25) is 10.0 Å². The highest BCUT2D eigenvalue weighted by Crippen LogP contribution is 2.23. The lowest BCUT2D eigenvalue weighted by atomic mass is 10.2. The van der Waals surface area contributed by atoms with Crippen LogP contribution in [-0.2, 0) is 11.3 Å². The maximum absolute atomic E-state index is 12.1.